The molecule has 0 aliphatic heterocycles. The van der Waals surface area contributed by atoms with Crippen LogP contribution in [-0.2, 0) is 4.79 Å². The molecule has 1 amide bonds. The molecular formula is C18H14F3N3O3. The Labute approximate surface area is 152 Å². The Kier molecular flexibility index (Phi) is 5.30. The molecule has 0 aliphatic rings. The second kappa shape index (κ2) is 7.81. The van der Waals surface area contributed by atoms with Gasteiger partial charge >= 0.3 is 6.36 Å². The number of aromatic nitrogens is 2. The van der Waals surface area contributed by atoms with Gasteiger partial charge in [-0.25, -0.2) is 4.98 Å². The maximum Gasteiger partial charge on any atom is 0.573 e. The molecule has 3 rings (SSSR count). The topological polar surface area (TPSA) is 65.4 Å². The van der Waals surface area contributed by atoms with E-state index in [4.69, 9.17) is 4.74 Å². The van der Waals surface area contributed by atoms with Crippen molar-refractivity contribution in [1.82, 2.24) is 9.55 Å². The molecular weight excluding hydrogens is 363 g/mol. The fourth-order valence-corrected chi connectivity index (χ4v) is 2.27. The van der Waals surface area contributed by atoms with Crippen molar-refractivity contribution in [2.45, 2.75) is 6.36 Å². The molecule has 0 bridgehead atoms. The van der Waals surface area contributed by atoms with Crippen LogP contribution in [-0.4, -0.2) is 28.4 Å². The van der Waals surface area contributed by atoms with Gasteiger partial charge in [-0.1, -0.05) is 12.1 Å². The van der Waals surface area contributed by atoms with Crippen LogP contribution in [0.1, 0.15) is 0 Å². The molecule has 0 unspecified atom stereocenters. The number of nitrogens with one attached hydrogen (secondary N) is 1. The number of hydrogen-bond acceptors (Lipinski definition) is 4. The Balaban J connectivity index is 1.58. The minimum atomic E-state index is -4.76. The van der Waals surface area contributed by atoms with Crippen LogP contribution in [0.4, 0.5) is 18.9 Å². The summed E-state index contributed by atoms with van der Waals surface area (Å²) in [5.74, 6) is -0.342. The lowest BCUT2D eigenvalue weighted by Gasteiger charge is -2.12. The van der Waals surface area contributed by atoms with Crippen LogP contribution in [0.5, 0.6) is 11.5 Å². The number of nitrogens with zero attached hydrogens (tertiary/aromatic N) is 2. The Hall–Kier alpha value is -3.49. The van der Waals surface area contributed by atoms with Gasteiger partial charge < -0.3 is 19.4 Å². The zero-order valence-corrected chi connectivity index (χ0v) is 13.8. The fraction of sp³-hybridized carbons (Fsp3) is 0.111. The molecule has 140 valence electrons. The van der Waals surface area contributed by atoms with Gasteiger partial charge in [0.1, 0.15) is 11.5 Å². The summed E-state index contributed by atoms with van der Waals surface area (Å²) < 4.78 is 47.5. The summed E-state index contributed by atoms with van der Waals surface area (Å²) in [5, 5.41) is 2.54. The Morgan fingerprint density at radius 3 is 2.52 bits per heavy atom. The van der Waals surface area contributed by atoms with E-state index in [0.717, 1.165) is 17.8 Å². The molecule has 2 aromatic carbocycles. The van der Waals surface area contributed by atoms with Crippen molar-refractivity contribution in [1.29, 1.82) is 0 Å². The second-order valence-corrected chi connectivity index (χ2v) is 5.35. The molecule has 0 atom stereocenters. The van der Waals surface area contributed by atoms with Crippen LogP contribution in [0, 0.1) is 0 Å². The van der Waals surface area contributed by atoms with E-state index in [1.165, 1.54) is 12.1 Å². The van der Waals surface area contributed by atoms with E-state index in [-0.39, 0.29) is 12.4 Å². The van der Waals surface area contributed by atoms with Crippen molar-refractivity contribution in [2.24, 2.45) is 0 Å². The maximum atomic E-state index is 12.1. The number of carbonyl (C=O) groups excluding carboxylic acids is 1. The highest BCUT2D eigenvalue weighted by Crippen LogP contribution is 2.24. The van der Waals surface area contributed by atoms with Crippen molar-refractivity contribution in [3.8, 4) is 17.2 Å². The van der Waals surface area contributed by atoms with E-state index in [2.05, 4.69) is 15.0 Å². The maximum absolute atomic E-state index is 12.1. The molecule has 1 N–H and O–H groups in total. The fourth-order valence-electron chi connectivity index (χ4n) is 2.27. The first-order chi connectivity index (χ1) is 12.9. The molecule has 27 heavy (non-hydrogen) atoms. The van der Waals surface area contributed by atoms with Gasteiger partial charge in [0.05, 0.1) is 12.0 Å². The molecule has 1 heterocycles. The number of carbonyl (C=O) groups is 1. The number of benzene rings is 2. The van der Waals surface area contributed by atoms with E-state index in [1.807, 2.05) is 12.1 Å². The highest BCUT2D eigenvalue weighted by Gasteiger charge is 2.30. The molecule has 6 nitrogen and oxygen atoms in total. The average molecular weight is 377 g/mol. The molecule has 9 heteroatoms. The lowest BCUT2D eigenvalue weighted by atomic mass is 10.3. The first-order valence-corrected chi connectivity index (χ1v) is 7.76. The summed E-state index contributed by atoms with van der Waals surface area (Å²) in [4.78, 5) is 16.0. The van der Waals surface area contributed by atoms with Gasteiger partial charge in [0.25, 0.3) is 5.91 Å². The lowest BCUT2D eigenvalue weighted by molar-refractivity contribution is -0.274. The third-order valence-corrected chi connectivity index (χ3v) is 3.38. The molecule has 1 aromatic heterocycles. The van der Waals surface area contributed by atoms with Crippen molar-refractivity contribution in [3.05, 3.63) is 67.3 Å². The van der Waals surface area contributed by atoms with Gasteiger partial charge in [0.2, 0.25) is 0 Å². The minimum absolute atomic E-state index is 0.271. The van der Waals surface area contributed by atoms with Gasteiger partial charge in [-0.15, -0.1) is 13.2 Å². The van der Waals surface area contributed by atoms with E-state index < -0.39 is 12.3 Å². The molecule has 0 spiro atoms. The van der Waals surface area contributed by atoms with E-state index in [9.17, 15) is 18.0 Å². The summed E-state index contributed by atoms with van der Waals surface area (Å²) in [5.41, 5.74) is 1.04. The lowest BCUT2D eigenvalue weighted by Crippen LogP contribution is -2.20. The first-order valence-electron chi connectivity index (χ1n) is 7.76. The van der Waals surface area contributed by atoms with Crippen molar-refractivity contribution >= 4 is 11.6 Å². The molecule has 0 radical (unpaired) electrons. The summed E-state index contributed by atoms with van der Waals surface area (Å²) in [6.07, 6.45) is 0.205. The van der Waals surface area contributed by atoms with Gasteiger partial charge in [-0.05, 0) is 36.4 Å². The van der Waals surface area contributed by atoms with Crippen LogP contribution in [0.25, 0.3) is 5.69 Å². The summed E-state index contributed by atoms with van der Waals surface area (Å²) in [6, 6.07) is 12.0. The highest BCUT2D eigenvalue weighted by molar-refractivity contribution is 5.91. The van der Waals surface area contributed by atoms with Crippen LogP contribution >= 0.6 is 0 Å². The summed E-state index contributed by atoms with van der Waals surface area (Å²) >= 11 is 0. The zero-order valence-electron chi connectivity index (χ0n) is 13.8. The molecule has 0 fully saturated rings. The van der Waals surface area contributed by atoms with Crippen LogP contribution in [0.15, 0.2) is 67.3 Å². The highest BCUT2D eigenvalue weighted by atomic mass is 19.4. The van der Waals surface area contributed by atoms with Crippen LogP contribution in [0.3, 0.4) is 0 Å². The quantitative estimate of drug-likeness (QED) is 0.710. The molecule has 0 saturated carbocycles. The van der Waals surface area contributed by atoms with E-state index in [1.54, 1.807) is 35.4 Å². The van der Waals surface area contributed by atoms with Gasteiger partial charge in [-0.3, -0.25) is 4.79 Å². The number of rotatable bonds is 6. The smallest absolute Gasteiger partial charge is 0.482 e. The van der Waals surface area contributed by atoms with Gasteiger partial charge in [0.15, 0.2) is 6.61 Å². The third kappa shape index (κ3) is 5.24. The number of amides is 1. The monoisotopic (exact) mass is 377 g/mol. The van der Waals surface area contributed by atoms with E-state index in [0.29, 0.717) is 11.4 Å². The number of halogens is 3. The second-order valence-electron chi connectivity index (χ2n) is 5.35. The molecule has 0 aliphatic carbocycles. The number of para-hydroxylation sites is 2. The summed E-state index contributed by atoms with van der Waals surface area (Å²) in [7, 11) is 0. The predicted molar refractivity (Wildman–Crippen MR) is 90.8 cm³/mol. The SMILES string of the molecule is O=C(COc1ccccc1-n1ccnc1)Nc1ccc(OC(F)(F)F)cc1. The van der Waals surface area contributed by atoms with Crippen molar-refractivity contribution in [2.75, 3.05) is 11.9 Å². The third-order valence-electron chi connectivity index (χ3n) is 3.38. The normalized spacial score (nSPS) is 11.1. The van der Waals surface area contributed by atoms with E-state index >= 15 is 0 Å². The Morgan fingerprint density at radius 1 is 1.11 bits per heavy atom. The van der Waals surface area contributed by atoms with Crippen LogP contribution in [0.2, 0.25) is 0 Å². The first kappa shape index (κ1) is 18.3. The Bertz CT molecular complexity index is 894. The molecule has 0 saturated heterocycles. The van der Waals surface area contributed by atoms with Crippen LogP contribution < -0.4 is 14.8 Å². The number of ether oxygens (including phenoxy) is 2. The summed E-state index contributed by atoms with van der Waals surface area (Å²) in [6.45, 7) is -0.271. The predicted octanol–water partition coefficient (Wildman–Crippen LogP) is 3.79. The number of anilines is 1. The van der Waals surface area contributed by atoms with Crippen molar-refractivity contribution < 1.29 is 27.4 Å². The number of imidazole rings is 1. The average Bonchev–Trinajstić information content (AvgIpc) is 3.15. The van der Waals surface area contributed by atoms with Gasteiger partial charge in [-0.2, -0.15) is 0 Å². The number of hydrogen-bond donors (Lipinski definition) is 1. The van der Waals surface area contributed by atoms with Gasteiger partial charge in [0, 0.05) is 18.1 Å². The number of alkyl halides is 3. The standard InChI is InChI=1S/C18H14F3N3O3/c19-18(20,21)27-14-7-5-13(6-8-14)23-17(25)11-26-16-4-2-1-3-15(16)24-10-9-22-12-24/h1-10,12H,11H2,(H,23,25). The Morgan fingerprint density at radius 2 is 1.85 bits per heavy atom. The minimum Gasteiger partial charge on any atom is -0.482 e. The largest absolute Gasteiger partial charge is 0.573 e. The zero-order chi connectivity index (χ0) is 19.3. The molecule has 3 aromatic rings. The van der Waals surface area contributed by atoms with Crippen molar-refractivity contribution in [3.63, 3.8) is 0 Å².